The second-order valence-electron chi connectivity index (χ2n) is 4.36. The molecular formula is C12H10N4. The zero-order valence-corrected chi connectivity index (χ0v) is 9.37. The van der Waals surface area contributed by atoms with Gasteiger partial charge < -0.3 is 0 Å². The number of rotatable bonds is 0. The average molecular weight is 210 g/mol. The molecule has 4 heteroatoms. The van der Waals surface area contributed by atoms with Gasteiger partial charge in [0.2, 0.25) is 0 Å². The summed E-state index contributed by atoms with van der Waals surface area (Å²) in [5.74, 6) is 0. The van der Waals surface area contributed by atoms with Crippen molar-refractivity contribution in [3.8, 4) is 18.2 Å². The van der Waals surface area contributed by atoms with Gasteiger partial charge in [0, 0.05) is 5.56 Å². The monoisotopic (exact) mass is 210 g/mol. The van der Waals surface area contributed by atoms with Crippen LogP contribution in [-0.2, 0) is 5.41 Å². The highest BCUT2D eigenvalue weighted by Crippen LogP contribution is 2.28. The molecule has 1 aromatic rings. The molecule has 0 bridgehead atoms. The number of nitriles is 3. The van der Waals surface area contributed by atoms with E-state index in [1.165, 1.54) is 6.07 Å². The van der Waals surface area contributed by atoms with Crippen LogP contribution >= 0.6 is 0 Å². The Bertz CT molecular complexity index is 509. The normalized spacial score (nSPS) is 10.0. The summed E-state index contributed by atoms with van der Waals surface area (Å²) in [5.41, 5.74) is 0.841. The minimum atomic E-state index is -0.350. The van der Waals surface area contributed by atoms with E-state index in [9.17, 15) is 0 Å². The van der Waals surface area contributed by atoms with Crippen molar-refractivity contribution in [2.75, 3.05) is 0 Å². The Hall–Kier alpha value is -2.38. The first-order valence-corrected chi connectivity index (χ1v) is 4.70. The van der Waals surface area contributed by atoms with E-state index in [1.54, 1.807) is 0 Å². The maximum Gasteiger partial charge on any atom is 0.147 e. The fraction of sp³-hybridized carbons (Fsp3) is 0.333. The van der Waals surface area contributed by atoms with Crippen molar-refractivity contribution < 1.29 is 0 Å². The molecule has 1 rings (SSSR count). The highest BCUT2D eigenvalue weighted by Gasteiger charge is 2.24. The molecule has 0 fully saturated rings. The van der Waals surface area contributed by atoms with Crippen molar-refractivity contribution in [1.29, 1.82) is 15.8 Å². The summed E-state index contributed by atoms with van der Waals surface area (Å²) in [5, 5.41) is 26.8. The maximum absolute atomic E-state index is 9.03. The summed E-state index contributed by atoms with van der Waals surface area (Å²) in [4.78, 5) is 3.91. The molecule has 0 unspecified atom stereocenters. The highest BCUT2D eigenvalue weighted by molar-refractivity contribution is 5.51. The second kappa shape index (κ2) is 4.01. The lowest BCUT2D eigenvalue weighted by Gasteiger charge is -2.21. The molecule has 0 spiro atoms. The number of aromatic nitrogens is 1. The Balaban J connectivity index is 3.69. The molecule has 0 saturated carbocycles. The van der Waals surface area contributed by atoms with Crippen LogP contribution < -0.4 is 0 Å². The van der Waals surface area contributed by atoms with Crippen LogP contribution in [0.15, 0.2) is 6.07 Å². The summed E-state index contributed by atoms with van der Waals surface area (Å²) in [6.45, 7) is 5.70. The number of nitrogens with zero attached hydrogens (tertiary/aromatic N) is 4. The van der Waals surface area contributed by atoms with Gasteiger partial charge in [-0.25, -0.2) is 4.98 Å². The van der Waals surface area contributed by atoms with Crippen LogP contribution in [-0.4, -0.2) is 4.98 Å². The first kappa shape index (κ1) is 11.7. The maximum atomic E-state index is 9.03. The third-order valence-corrected chi connectivity index (χ3v) is 2.11. The SMILES string of the molecule is CC(C)(C)c1c(C#N)cc(C#N)nc1C#N. The van der Waals surface area contributed by atoms with Crippen LogP contribution in [0, 0.1) is 34.0 Å². The molecule has 0 amide bonds. The minimum absolute atomic E-state index is 0.0982. The van der Waals surface area contributed by atoms with Crippen molar-refractivity contribution in [2.45, 2.75) is 26.2 Å². The molecule has 4 nitrogen and oxygen atoms in total. The molecule has 0 aliphatic heterocycles. The quantitative estimate of drug-likeness (QED) is 0.655. The molecule has 0 aromatic carbocycles. The van der Waals surface area contributed by atoms with Crippen molar-refractivity contribution in [1.82, 2.24) is 4.98 Å². The van der Waals surface area contributed by atoms with E-state index in [1.807, 2.05) is 39.0 Å². The Labute approximate surface area is 94.4 Å². The third-order valence-electron chi connectivity index (χ3n) is 2.11. The van der Waals surface area contributed by atoms with E-state index in [2.05, 4.69) is 4.98 Å². The molecule has 0 radical (unpaired) electrons. The lowest BCUT2D eigenvalue weighted by atomic mass is 9.83. The molecule has 78 valence electrons. The van der Waals surface area contributed by atoms with E-state index in [0.717, 1.165) is 0 Å². The molecule has 0 aliphatic rings. The highest BCUT2D eigenvalue weighted by atomic mass is 14.7. The van der Waals surface area contributed by atoms with Gasteiger partial charge in [-0.2, -0.15) is 15.8 Å². The molecule has 0 N–H and O–H groups in total. The van der Waals surface area contributed by atoms with E-state index in [0.29, 0.717) is 11.1 Å². The first-order valence-electron chi connectivity index (χ1n) is 4.70. The molecule has 0 atom stereocenters. The van der Waals surface area contributed by atoms with Gasteiger partial charge >= 0.3 is 0 Å². The average Bonchev–Trinajstić information content (AvgIpc) is 2.25. The Kier molecular flexibility index (Phi) is 2.93. The van der Waals surface area contributed by atoms with Gasteiger partial charge in [0.05, 0.1) is 11.6 Å². The van der Waals surface area contributed by atoms with Crippen molar-refractivity contribution in [3.05, 3.63) is 28.6 Å². The summed E-state index contributed by atoms with van der Waals surface area (Å²) < 4.78 is 0. The molecule has 0 aliphatic carbocycles. The molecule has 16 heavy (non-hydrogen) atoms. The van der Waals surface area contributed by atoms with Gasteiger partial charge in [-0.3, -0.25) is 0 Å². The first-order chi connectivity index (χ1) is 7.43. The zero-order chi connectivity index (χ0) is 12.3. The Morgan fingerprint density at radius 2 is 1.69 bits per heavy atom. The van der Waals surface area contributed by atoms with Crippen molar-refractivity contribution in [2.24, 2.45) is 0 Å². The fourth-order valence-electron chi connectivity index (χ4n) is 1.53. The van der Waals surface area contributed by atoms with Crippen molar-refractivity contribution in [3.63, 3.8) is 0 Å². The van der Waals surface area contributed by atoms with Gasteiger partial charge in [-0.1, -0.05) is 20.8 Å². The van der Waals surface area contributed by atoms with Crippen LogP contribution in [0.3, 0.4) is 0 Å². The largest absolute Gasteiger partial charge is 0.226 e. The summed E-state index contributed by atoms with van der Waals surface area (Å²) in [6.07, 6.45) is 0. The number of hydrogen-bond acceptors (Lipinski definition) is 4. The molecule has 1 aromatic heterocycles. The number of pyridine rings is 1. The molecule has 1 heterocycles. The van der Waals surface area contributed by atoms with Gasteiger partial charge in [0.1, 0.15) is 23.5 Å². The standard InChI is InChI=1S/C12H10N4/c1-12(2,3)11-8(5-13)4-9(6-14)16-10(11)7-15/h4H,1-3H3. The topological polar surface area (TPSA) is 84.3 Å². The van der Waals surface area contributed by atoms with Crippen LogP contribution in [0.2, 0.25) is 0 Å². The van der Waals surface area contributed by atoms with Crippen LogP contribution in [0.4, 0.5) is 0 Å². The second-order valence-corrected chi connectivity index (χ2v) is 4.36. The van der Waals surface area contributed by atoms with Crippen LogP contribution in [0.1, 0.15) is 43.3 Å². The van der Waals surface area contributed by atoms with Gasteiger partial charge in [0.25, 0.3) is 0 Å². The van der Waals surface area contributed by atoms with Crippen molar-refractivity contribution >= 4 is 0 Å². The van der Waals surface area contributed by atoms with E-state index < -0.39 is 0 Å². The fourth-order valence-corrected chi connectivity index (χ4v) is 1.53. The Morgan fingerprint density at radius 1 is 1.06 bits per heavy atom. The van der Waals surface area contributed by atoms with E-state index in [4.69, 9.17) is 15.8 Å². The van der Waals surface area contributed by atoms with Crippen LogP contribution in [0.5, 0.6) is 0 Å². The summed E-state index contributed by atoms with van der Waals surface area (Å²) in [7, 11) is 0. The minimum Gasteiger partial charge on any atom is -0.226 e. The van der Waals surface area contributed by atoms with Gasteiger partial charge in [-0.15, -0.1) is 0 Å². The summed E-state index contributed by atoms with van der Waals surface area (Å²) >= 11 is 0. The molecule has 0 saturated heterocycles. The van der Waals surface area contributed by atoms with Gasteiger partial charge in [0.15, 0.2) is 0 Å². The van der Waals surface area contributed by atoms with Crippen LogP contribution in [0.25, 0.3) is 0 Å². The number of hydrogen-bond donors (Lipinski definition) is 0. The zero-order valence-electron chi connectivity index (χ0n) is 9.37. The Morgan fingerprint density at radius 3 is 2.06 bits per heavy atom. The van der Waals surface area contributed by atoms with Gasteiger partial charge in [-0.05, 0) is 11.5 Å². The lowest BCUT2D eigenvalue weighted by molar-refractivity contribution is 0.583. The molecular weight excluding hydrogens is 200 g/mol. The smallest absolute Gasteiger partial charge is 0.147 e. The predicted octanol–water partition coefficient (Wildman–Crippen LogP) is 1.99. The predicted molar refractivity (Wildman–Crippen MR) is 57.1 cm³/mol. The van der Waals surface area contributed by atoms with E-state index in [-0.39, 0.29) is 16.8 Å². The third kappa shape index (κ3) is 2.00. The van der Waals surface area contributed by atoms with E-state index >= 15 is 0 Å². The lowest BCUT2D eigenvalue weighted by Crippen LogP contribution is -2.17. The summed E-state index contributed by atoms with van der Waals surface area (Å²) in [6, 6.07) is 7.21.